The van der Waals surface area contributed by atoms with Crippen LogP contribution in [0.1, 0.15) is 20.3 Å². The molecule has 0 heterocycles. The summed E-state index contributed by atoms with van der Waals surface area (Å²) in [5.41, 5.74) is 0.540. The van der Waals surface area contributed by atoms with Gasteiger partial charge in [0.25, 0.3) is 0 Å². The van der Waals surface area contributed by atoms with E-state index in [0.717, 1.165) is 6.42 Å². The highest BCUT2D eigenvalue weighted by Crippen LogP contribution is 2.20. The topological polar surface area (TPSA) is 30.5 Å². The molecule has 17 heavy (non-hydrogen) atoms. The lowest BCUT2D eigenvalue weighted by atomic mass is 10.1. The van der Waals surface area contributed by atoms with Gasteiger partial charge in [0.05, 0.1) is 12.7 Å². The Balaban J connectivity index is 2.55. The van der Waals surface area contributed by atoms with E-state index in [1.807, 2.05) is 13.8 Å². The van der Waals surface area contributed by atoms with Crippen LogP contribution in [0.5, 0.6) is 5.75 Å². The van der Waals surface area contributed by atoms with E-state index in [9.17, 15) is 4.39 Å². The monoisotopic (exact) mass is 241 g/mol. The number of hydrogen-bond acceptors (Lipinski definition) is 3. The van der Waals surface area contributed by atoms with Crippen LogP contribution >= 0.6 is 0 Å². The number of methoxy groups -OCH3 is 2. The third kappa shape index (κ3) is 4.61. The predicted octanol–water partition coefficient (Wildman–Crippen LogP) is 3.06. The Morgan fingerprint density at radius 1 is 1.24 bits per heavy atom. The Bertz CT molecular complexity index is 366. The average molecular weight is 241 g/mol. The van der Waals surface area contributed by atoms with Crippen molar-refractivity contribution in [1.29, 1.82) is 0 Å². The van der Waals surface area contributed by atoms with Gasteiger partial charge in [-0.15, -0.1) is 0 Å². The number of nitrogens with one attached hydrogen (secondary N) is 1. The minimum atomic E-state index is -0.308. The number of anilines is 1. The molecular weight excluding hydrogens is 221 g/mol. The molecule has 0 aliphatic rings. The summed E-state index contributed by atoms with van der Waals surface area (Å²) in [4.78, 5) is 0. The van der Waals surface area contributed by atoms with Crippen molar-refractivity contribution >= 4 is 5.69 Å². The summed E-state index contributed by atoms with van der Waals surface area (Å²) in [6.07, 6.45) is 0.836. The van der Waals surface area contributed by atoms with Crippen molar-refractivity contribution in [3.8, 4) is 5.75 Å². The standard InChI is InChI=1S/C13H20FNO2/c1-13(2,17-4)5-6-15-11-7-10(14)8-12(9-11)16-3/h7-9,15H,5-6H2,1-4H3. The van der Waals surface area contributed by atoms with Crippen molar-refractivity contribution in [2.75, 3.05) is 26.1 Å². The summed E-state index contributed by atoms with van der Waals surface area (Å²) in [6.45, 7) is 4.75. The Morgan fingerprint density at radius 3 is 2.53 bits per heavy atom. The summed E-state index contributed by atoms with van der Waals surface area (Å²) in [5.74, 6) is 0.205. The highest BCUT2D eigenvalue weighted by atomic mass is 19.1. The lowest BCUT2D eigenvalue weighted by molar-refractivity contribution is 0.0185. The van der Waals surface area contributed by atoms with Gasteiger partial charge in [-0.05, 0) is 26.3 Å². The van der Waals surface area contributed by atoms with Gasteiger partial charge >= 0.3 is 0 Å². The molecule has 1 N–H and O–H groups in total. The molecule has 0 fully saturated rings. The van der Waals surface area contributed by atoms with Crippen molar-refractivity contribution in [3.05, 3.63) is 24.0 Å². The lowest BCUT2D eigenvalue weighted by Crippen LogP contribution is -2.25. The summed E-state index contributed by atoms with van der Waals surface area (Å²) < 4.78 is 23.5. The molecule has 0 aliphatic carbocycles. The first-order chi connectivity index (χ1) is 7.96. The molecular formula is C13H20FNO2. The molecule has 96 valence electrons. The molecule has 0 radical (unpaired) electrons. The first-order valence-corrected chi connectivity index (χ1v) is 5.60. The average Bonchev–Trinajstić information content (AvgIpc) is 2.28. The second-order valence-electron chi connectivity index (χ2n) is 4.52. The zero-order valence-electron chi connectivity index (χ0n) is 10.8. The fraction of sp³-hybridized carbons (Fsp3) is 0.538. The molecule has 0 saturated carbocycles. The van der Waals surface area contributed by atoms with E-state index in [2.05, 4.69) is 5.32 Å². The van der Waals surface area contributed by atoms with Crippen LogP contribution in [0.4, 0.5) is 10.1 Å². The number of benzene rings is 1. The van der Waals surface area contributed by atoms with Gasteiger partial charge in [0, 0.05) is 31.5 Å². The molecule has 4 heteroatoms. The lowest BCUT2D eigenvalue weighted by Gasteiger charge is -2.23. The largest absolute Gasteiger partial charge is 0.497 e. The summed E-state index contributed by atoms with van der Waals surface area (Å²) in [7, 11) is 3.21. The molecule has 0 saturated heterocycles. The Hall–Kier alpha value is -1.29. The van der Waals surface area contributed by atoms with Crippen LogP contribution in [0.15, 0.2) is 18.2 Å². The SMILES string of the molecule is COc1cc(F)cc(NCCC(C)(C)OC)c1. The first-order valence-electron chi connectivity index (χ1n) is 5.60. The molecule has 1 aromatic rings. The molecule has 1 rings (SSSR count). The van der Waals surface area contributed by atoms with Crippen LogP contribution in [0.2, 0.25) is 0 Å². The summed E-state index contributed by atoms with van der Waals surface area (Å²) >= 11 is 0. The highest BCUT2D eigenvalue weighted by Gasteiger charge is 2.15. The van der Waals surface area contributed by atoms with Crippen LogP contribution in [0, 0.1) is 5.82 Å². The van der Waals surface area contributed by atoms with Crippen molar-refractivity contribution in [2.45, 2.75) is 25.9 Å². The van der Waals surface area contributed by atoms with Gasteiger partial charge in [-0.3, -0.25) is 0 Å². The number of ether oxygens (including phenoxy) is 2. The quantitative estimate of drug-likeness (QED) is 0.830. The van der Waals surface area contributed by atoms with Crippen LogP contribution in [0.25, 0.3) is 0 Å². The minimum absolute atomic E-state index is 0.176. The zero-order valence-corrected chi connectivity index (χ0v) is 10.8. The molecule has 0 amide bonds. The maximum Gasteiger partial charge on any atom is 0.128 e. The van der Waals surface area contributed by atoms with E-state index < -0.39 is 0 Å². The second kappa shape index (κ2) is 5.87. The molecule has 0 aromatic heterocycles. The van der Waals surface area contributed by atoms with Gasteiger partial charge in [-0.1, -0.05) is 0 Å². The third-order valence-corrected chi connectivity index (χ3v) is 2.72. The minimum Gasteiger partial charge on any atom is -0.497 e. The second-order valence-corrected chi connectivity index (χ2v) is 4.52. The molecule has 0 aliphatic heterocycles. The number of rotatable bonds is 6. The first kappa shape index (κ1) is 13.8. The Kier molecular flexibility index (Phi) is 4.75. The van der Waals surface area contributed by atoms with Crippen LogP contribution in [-0.4, -0.2) is 26.4 Å². The number of hydrogen-bond donors (Lipinski definition) is 1. The zero-order chi connectivity index (χ0) is 12.9. The van der Waals surface area contributed by atoms with E-state index in [4.69, 9.17) is 9.47 Å². The fourth-order valence-corrected chi connectivity index (χ4v) is 1.39. The fourth-order valence-electron chi connectivity index (χ4n) is 1.39. The van der Waals surface area contributed by atoms with Gasteiger partial charge < -0.3 is 14.8 Å². The van der Waals surface area contributed by atoms with Gasteiger partial charge in [-0.2, -0.15) is 0 Å². The van der Waals surface area contributed by atoms with Crippen molar-refractivity contribution in [3.63, 3.8) is 0 Å². The van der Waals surface area contributed by atoms with Crippen LogP contribution in [-0.2, 0) is 4.74 Å². The molecule has 3 nitrogen and oxygen atoms in total. The van der Waals surface area contributed by atoms with E-state index in [1.54, 1.807) is 13.2 Å². The smallest absolute Gasteiger partial charge is 0.128 e. The van der Waals surface area contributed by atoms with Crippen LogP contribution in [0.3, 0.4) is 0 Å². The molecule has 0 unspecified atom stereocenters. The number of halogens is 1. The molecule has 0 spiro atoms. The molecule has 0 atom stereocenters. The van der Waals surface area contributed by atoms with Gasteiger partial charge in [0.2, 0.25) is 0 Å². The van der Waals surface area contributed by atoms with Crippen molar-refractivity contribution < 1.29 is 13.9 Å². The normalized spacial score (nSPS) is 11.4. The van der Waals surface area contributed by atoms with Gasteiger partial charge in [0.1, 0.15) is 11.6 Å². The van der Waals surface area contributed by atoms with Crippen molar-refractivity contribution in [2.24, 2.45) is 0 Å². The Morgan fingerprint density at radius 2 is 1.94 bits per heavy atom. The van der Waals surface area contributed by atoms with E-state index in [-0.39, 0.29) is 11.4 Å². The maximum atomic E-state index is 13.2. The van der Waals surface area contributed by atoms with Crippen LogP contribution < -0.4 is 10.1 Å². The summed E-state index contributed by atoms with van der Waals surface area (Å²) in [5, 5.41) is 3.15. The van der Waals surface area contributed by atoms with E-state index in [1.165, 1.54) is 19.2 Å². The third-order valence-electron chi connectivity index (χ3n) is 2.72. The van der Waals surface area contributed by atoms with E-state index >= 15 is 0 Å². The van der Waals surface area contributed by atoms with Crippen molar-refractivity contribution in [1.82, 2.24) is 0 Å². The summed E-state index contributed by atoms with van der Waals surface area (Å²) in [6, 6.07) is 4.56. The molecule has 0 bridgehead atoms. The van der Waals surface area contributed by atoms with Gasteiger partial charge in [-0.25, -0.2) is 4.39 Å². The van der Waals surface area contributed by atoms with E-state index in [0.29, 0.717) is 18.0 Å². The Labute approximate surface area is 102 Å². The highest BCUT2D eigenvalue weighted by molar-refractivity contribution is 5.48. The predicted molar refractivity (Wildman–Crippen MR) is 67.1 cm³/mol. The van der Waals surface area contributed by atoms with Gasteiger partial charge in [0.15, 0.2) is 0 Å². The maximum absolute atomic E-state index is 13.2. The molecule has 1 aromatic carbocycles.